The molecule has 0 bridgehead atoms. The summed E-state index contributed by atoms with van der Waals surface area (Å²) in [4.78, 5) is 20.3. The van der Waals surface area contributed by atoms with Gasteiger partial charge >= 0.3 is 5.97 Å². The first-order valence-electron chi connectivity index (χ1n) is 6.94. The lowest BCUT2D eigenvalue weighted by Gasteiger charge is -2.10. The molecule has 2 heterocycles. The maximum absolute atomic E-state index is 13.3. The third-order valence-corrected chi connectivity index (χ3v) is 3.83. The molecule has 122 valence electrons. The number of carbonyl (C=O) groups is 1. The van der Waals surface area contributed by atoms with Gasteiger partial charge in [0.1, 0.15) is 5.82 Å². The Morgan fingerprint density at radius 3 is 2.96 bits per heavy atom. The Morgan fingerprint density at radius 1 is 1.38 bits per heavy atom. The monoisotopic (exact) mass is 391 g/mol. The molecule has 0 saturated heterocycles. The molecule has 0 N–H and O–H groups in total. The van der Waals surface area contributed by atoms with Crippen LogP contribution in [0.25, 0.3) is 11.4 Å². The van der Waals surface area contributed by atoms with Gasteiger partial charge in [0.05, 0.1) is 5.56 Å². The van der Waals surface area contributed by atoms with Crippen molar-refractivity contribution in [1.29, 1.82) is 0 Å². The van der Waals surface area contributed by atoms with Gasteiger partial charge in [-0.15, -0.1) is 0 Å². The number of halogens is 2. The summed E-state index contributed by atoms with van der Waals surface area (Å²) in [5.74, 6) is -0.757. The van der Waals surface area contributed by atoms with Crippen LogP contribution < -0.4 is 0 Å². The highest BCUT2D eigenvalue weighted by Crippen LogP contribution is 2.24. The molecule has 0 aliphatic carbocycles. The molecule has 3 rings (SSSR count). The standard InChI is InChI=1S/C16H11BrFN3O3/c1-9(23-16(22)12-7-11(18)4-5-13(12)17)15-20-14(21-24-15)10-3-2-6-19-8-10/h2-9H,1H3. The van der Waals surface area contributed by atoms with Gasteiger partial charge in [-0.05, 0) is 53.2 Å². The summed E-state index contributed by atoms with van der Waals surface area (Å²) in [5.41, 5.74) is 0.757. The van der Waals surface area contributed by atoms with Crippen LogP contribution in [-0.2, 0) is 4.74 Å². The lowest BCUT2D eigenvalue weighted by atomic mass is 10.2. The maximum Gasteiger partial charge on any atom is 0.340 e. The fourth-order valence-electron chi connectivity index (χ4n) is 1.94. The van der Waals surface area contributed by atoms with E-state index in [1.165, 1.54) is 12.1 Å². The molecular formula is C16H11BrFN3O3. The number of ether oxygens (including phenoxy) is 1. The summed E-state index contributed by atoms with van der Waals surface area (Å²) in [6, 6.07) is 7.29. The van der Waals surface area contributed by atoms with Crippen LogP contribution in [0.1, 0.15) is 29.3 Å². The number of nitrogens with zero attached hydrogens (tertiary/aromatic N) is 3. The molecule has 1 atom stereocenters. The van der Waals surface area contributed by atoms with Crippen molar-refractivity contribution in [2.24, 2.45) is 0 Å². The first-order chi connectivity index (χ1) is 11.5. The largest absolute Gasteiger partial charge is 0.449 e. The van der Waals surface area contributed by atoms with E-state index in [0.29, 0.717) is 15.9 Å². The Labute approximate surface area is 144 Å². The summed E-state index contributed by atoms with van der Waals surface area (Å²) in [5, 5.41) is 3.83. The molecule has 0 radical (unpaired) electrons. The van der Waals surface area contributed by atoms with E-state index < -0.39 is 17.9 Å². The number of hydrogen-bond donors (Lipinski definition) is 0. The molecule has 0 aliphatic rings. The van der Waals surface area contributed by atoms with Gasteiger partial charge in [-0.2, -0.15) is 4.98 Å². The number of pyridine rings is 1. The van der Waals surface area contributed by atoms with Gasteiger partial charge in [0.25, 0.3) is 5.89 Å². The first-order valence-corrected chi connectivity index (χ1v) is 7.74. The van der Waals surface area contributed by atoms with Gasteiger partial charge in [0, 0.05) is 22.4 Å². The van der Waals surface area contributed by atoms with E-state index >= 15 is 0 Å². The summed E-state index contributed by atoms with van der Waals surface area (Å²) >= 11 is 3.19. The van der Waals surface area contributed by atoms with Gasteiger partial charge in [0.15, 0.2) is 6.10 Å². The number of rotatable bonds is 4. The van der Waals surface area contributed by atoms with E-state index in [2.05, 4.69) is 31.1 Å². The van der Waals surface area contributed by atoms with Crippen LogP contribution >= 0.6 is 15.9 Å². The third kappa shape index (κ3) is 3.48. The van der Waals surface area contributed by atoms with E-state index in [0.717, 1.165) is 6.07 Å². The summed E-state index contributed by atoms with van der Waals surface area (Å²) in [6.07, 6.45) is 2.44. The average molecular weight is 392 g/mol. The highest BCUT2D eigenvalue weighted by Gasteiger charge is 2.21. The number of esters is 1. The highest BCUT2D eigenvalue weighted by molar-refractivity contribution is 9.10. The molecule has 0 amide bonds. The second kappa shape index (κ2) is 6.88. The Kier molecular flexibility index (Phi) is 4.66. The molecule has 24 heavy (non-hydrogen) atoms. The summed E-state index contributed by atoms with van der Waals surface area (Å²) in [7, 11) is 0. The predicted octanol–water partition coefficient (Wildman–Crippen LogP) is 3.95. The molecule has 0 aliphatic heterocycles. The van der Waals surface area contributed by atoms with Crippen molar-refractivity contribution in [3.8, 4) is 11.4 Å². The van der Waals surface area contributed by atoms with Crippen molar-refractivity contribution in [3.63, 3.8) is 0 Å². The van der Waals surface area contributed by atoms with Crippen molar-refractivity contribution >= 4 is 21.9 Å². The van der Waals surface area contributed by atoms with Crippen molar-refractivity contribution < 1.29 is 18.4 Å². The topological polar surface area (TPSA) is 78.1 Å². The molecule has 2 aromatic heterocycles. The van der Waals surface area contributed by atoms with Crippen LogP contribution in [0, 0.1) is 5.82 Å². The molecule has 0 spiro atoms. The SMILES string of the molecule is CC(OC(=O)c1cc(F)ccc1Br)c1nc(-c2cccnc2)no1. The van der Waals surface area contributed by atoms with Crippen molar-refractivity contribution in [2.45, 2.75) is 13.0 Å². The van der Waals surface area contributed by atoms with E-state index in [4.69, 9.17) is 9.26 Å². The molecule has 1 aromatic carbocycles. The smallest absolute Gasteiger partial charge is 0.340 e. The van der Waals surface area contributed by atoms with Crippen LogP contribution in [0.15, 0.2) is 51.7 Å². The van der Waals surface area contributed by atoms with E-state index in [1.807, 2.05) is 0 Å². The van der Waals surface area contributed by atoms with Gasteiger partial charge < -0.3 is 9.26 Å². The van der Waals surface area contributed by atoms with Crippen LogP contribution in [0.3, 0.4) is 0 Å². The van der Waals surface area contributed by atoms with Crippen molar-refractivity contribution in [3.05, 3.63) is 64.5 Å². The predicted molar refractivity (Wildman–Crippen MR) is 85.5 cm³/mol. The van der Waals surface area contributed by atoms with Crippen molar-refractivity contribution in [2.75, 3.05) is 0 Å². The fraction of sp³-hybridized carbons (Fsp3) is 0.125. The molecule has 6 nitrogen and oxygen atoms in total. The average Bonchev–Trinajstić information content (AvgIpc) is 3.08. The van der Waals surface area contributed by atoms with Crippen molar-refractivity contribution in [1.82, 2.24) is 15.1 Å². The zero-order valence-electron chi connectivity index (χ0n) is 12.4. The van der Waals surface area contributed by atoms with Gasteiger partial charge in [-0.1, -0.05) is 5.16 Å². The maximum atomic E-state index is 13.3. The number of carbonyl (C=O) groups excluding carboxylic acids is 1. The third-order valence-electron chi connectivity index (χ3n) is 3.14. The Morgan fingerprint density at radius 2 is 2.21 bits per heavy atom. The van der Waals surface area contributed by atoms with E-state index in [-0.39, 0.29) is 11.5 Å². The Bertz CT molecular complexity index is 870. The minimum atomic E-state index is -0.786. The van der Waals surface area contributed by atoms with Gasteiger partial charge in [-0.3, -0.25) is 4.98 Å². The minimum Gasteiger partial charge on any atom is -0.449 e. The van der Waals surface area contributed by atoms with Gasteiger partial charge in [-0.25, -0.2) is 9.18 Å². The number of hydrogen-bond acceptors (Lipinski definition) is 6. The second-order valence-electron chi connectivity index (χ2n) is 4.87. The zero-order chi connectivity index (χ0) is 17.1. The lowest BCUT2D eigenvalue weighted by Crippen LogP contribution is -2.10. The van der Waals surface area contributed by atoms with Crippen LogP contribution in [-0.4, -0.2) is 21.1 Å². The molecular weight excluding hydrogens is 381 g/mol. The van der Waals surface area contributed by atoms with Gasteiger partial charge in [0.2, 0.25) is 5.82 Å². The quantitative estimate of drug-likeness (QED) is 0.626. The fourth-order valence-corrected chi connectivity index (χ4v) is 2.35. The lowest BCUT2D eigenvalue weighted by molar-refractivity contribution is 0.0264. The zero-order valence-corrected chi connectivity index (χ0v) is 14.0. The van der Waals surface area contributed by atoms with Crippen LogP contribution in [0.2, 0.25) is 0 Å². The molecule has 1 unspecified atom stereocenters. The normalized spacial score (nSPS) is 12.0. The molecule has 0 fully saturated rings. The Balaban J connectivity index is 1.75. The molecule has 3 aromatic rings. The number of aromatic nitrogens is 3. The summed E-state index contributed by atoms with van der Waals surface area (Å²) < 4.78 is 24.1. The summed E-state index contributed by atoms with van der Waals surface area (Å²) in [6.45, 7) is 1.59. The van der Waals surface area contributed by atoms with E-state index in [9.17, 15) is 9.18 Å². The highest BCUT2D eigenvalue weighted by atomic mass is 79.9. The molecule has 0 saturated carbocycles. The minimum absolute atomic E-state index is 0.0776. The van der Waals surface area contributed by atoms with Crippen LogP contribution in [0.4, 0.5) is 4.39 Å². The first kappa shape index (κ1) is 16.3. The second-order valence-corrected chi connectivity index (χ2v) is 5.72. The number of benzene rings is 1. The Hall–Kier alpha value is -2.61. The van der Waals surface area contributed by atoms with Crippen LogP contribution in [0.5, 0.6) is 0 Å². The van der Waals surface area contributed by atoms with E-state index in [1.54, 1.807) is 31.5 Å². The molecule has 8 heteroatoms.